The van der Waals surface area contributed by atoms with E-state index in [0.29, 0.717) is 47.8 Å². The van der Waals surface area contributed by atoms with E-state index in [-0.39, 0.29) is 24.3 Å². The fourth-order valence-corrected chi connectivity index (χ4v) is 5.06. The largest absolute Gasteiger partial charge is 0.489 e. The Morgan fingerprint density at radius 3 is 2.66 bits per heavy atom. The summed E-state index contributed by atoms with van der Waals surface area (Å²) in [5.74, 6) is 1.36. The van der Waals surface area contributed by atoms with Gasteiger partial charge < -0.3 is 29.3 Å². The van der Waals surface area contributed by atoms with Crippen molar-refractivity contribution < 1.29 is 19.0 Å². The lowest BCUT2D eigenvalue weighted by Gasteiger charge is -2.39. The average Bonchev–Trinajstić information content (AvgIpc) is 3.39. The van der Waals surface area contributed by atoms with Crippen LogP contribution in [-0.2, 0) is 9.47 Å². The molecule has 218 valence electrons. The van der Waals surface area contributed by atoms with E-state index in [4.69, 9.17) is 24.2 Å². The van der Waals surface area contributed by atoms with Crippen molar-refractivity contribution in [1.29, 1.82) is 5.26 Å². The van der Waals surface area contributed by atoms with Gasteiger partial charge in [-0.15, -0.1) is 0 Å². The molecule has 0 spiro atoms. The smallest absolute Gasteiger partial charge is 0.410 e. The third kappa shape index (κ3) is 6.52. The van der Waals surface area contributed by atoms with Crippen molar-refractivity contribution in [2.24, 2.45) is 0 Å². The Kier molecular flexibility index (Phi) is 8.02. The van der Waals surface area contributed by atoms with Gasteiger partial charge in [0.25, 0.3) is 0 Å². The number of hydrogen-bond donors (Lipinski definition) is 1. The molecule has 1 unspecified atom stereocenters. The Bertz CT molecular complexity index is 1420. The van der Waals surface area contributed by atoms with Crippen LogP contribution in [0.5, 0.6) is 5.75 Å². The Balaban J connectivity index is 1.32. The van der Waals surface area contributed by atoms with E-state index < -0.39 is 5.60 Å². The predicted octanol–water partition coefficient (Wildman–Crippen LogP) is 3.26. The highest BCUT2D eigenvalue weighted by Gasteiger charge is 2.30. The van der Waals surface area contributed by atoms with Gasteiger partial charge in [-0.2, -0.15) is 10.4 Å². The zero-order valence-electron chi connectivity index (χ0n) is 24.4. The number of carbonyl (C=O) groups is 1. The highest BCUT2D eigenvalue weighted by molar-refractivity contribution is 5.83. The van der Waals surface area contributed by atoms with Crippen LogP contribution in [0.3, 0.4) is 0 Å². The number of aromatic nitrogens is 4. The van der Waals surface area contributed by atoms with Crippen LogP contribution in [0.15, 0.2) is 30.9 Å². The number of anilines is 1. The van der Waals surface area contributed by atoms with Crippen LogP contribution >= 0.6 is 0 Å². The van der Waals surface area contributed by atoms with E-state index in [1.807, 2.05) is 33.9 Å². The van der Waals surface area contributed by atoms with Crippen LogP contribution in [0.4, 0.5) is 10.6 Å². The number of nitrogens with zero attached hydrogens (tertiary/aromatic N) is 7. The lowest BCUT2D eigenvalue weighted by Crippen LogP contribution is -2.50. The third-order valence-electron chi connectivity index (χ3n) is 7.64. The summed E-state index contributed by atoms with van der Waals surface area (Å²) >= 11 is 0. The second kappa shape index (κ2) is 11.5. The van der Waals surface area contributed by atoms with E-state index in [0.717, 1.165) is 31.7 Å². The first-order chi connectivity index (χ1) is 19.6. The summed E-state index contributed by atoms with van der Waals surface area (Å²) in [4.78, 5) is 25.9. The fraction of sp³-hybridized carbons (Fsp3) is 0.552. The number of piperidine rings is 1. The number of amides is 1. The standard InChI is InChI=1S/C29H38N8O4/c1-28(2,3)41-27(38)36-10-11-39-22(17-36)19-40-21-12-23(26-20(13-30)14-34-37(26)18-21)24-15-33-25(16-32-24)35-8-6-29(4,31-5)7-9-35/h12,14-16,18,22,31H,6-11,17,19H2,1-5H3. The Labute approximate surface area is 240 Å². The molecule has 12 nitrogen and oxygen atoms in total. The highest BCUT2D eigenvalue weighted by Crippen LogP contribution is 2.31. The van der Waals surface area contributed by atoms with Crippen molar-refractivity contribution in [1.82, 2.24) is 29.8 Å². The van der Waals surface area contributed by atoms with Gasteiger partial charge in [0.05, 0.1) is 54.7 Å². The van der Waals surface area contributed by atoms with Crippen LogP contribution < -0.4 is 15.0 Å². The summed E-state index contributed by atoms with van der Waals surface area (Å²) in [5, 5.41) is 17.5. The van der Waals surface area contributed by atoms with Gasteiger partial charge in [0.1, 0.15) is 35.9 Å². The average molecular weight is 563 g/mol. The molecule has 0 aromatic carbocycles. The molecule has 0 bridgehead atoms. The molecule has 2 aliphatic rings. The minimum absolute atomic E-state index is 0.141. The van der Waals surface area contributed by atoms with E-state index >= 15 is 0 Å². The zero-order valence-corrected chi connectivity index (χ0v) is 24.4. The van der Waals surface area contributed by atoms with Crippen molar-refractivity contribution in [2.45, 2.75) is 57.8 Å². The summed E-state index contributed by atoms with van der Waals surface area (Å²) in [6, 6.07) is 4.06. The molecule has 5 rings (SSSR count). The van der Waals surface area contributed by atoms with Gasteiger partial charge in [-0.25, -0.2) is 14.3 Å². The van der Waals surface area contributed by atoms with Crippen molar-refractivity contribution >= 4 is 17.4 Å². The maximum absolute atomic E-state index is 12.5. The van der Waals surface area contributed by atoms with E-state index in [9.17, 15) is 10.1 Å². The summed E-state index contributed by atoms with van der Waals surface area (Å²) in [6.07, 6.45) is 8.13. The van der Waals surface area contributed by atoms with Crippen molar-refractivity contribution in [2.75, 3.05) is 51.3 Å². The van der Waals surface area contributed by atoms with Gasteiger partial charge in [0.15, 0.2) is 0 Å². The molecule has 2 saturated heterocycles. The molecular formula is C29H38N8O4. The molecule has 5 heterocycles. The van der Waals surface area contributed by atoms with Crippen molar-refractivity contribution in [3.8, 4) is 23.1 Å². The molecule has 3 aromatic rings. The third-order valence-corrected chi connectivity index (χ3v) is 7.64. The summed E-state index contributed by atoms with van der Waals surface area (Å²) in [5.41, 5.74) is 1.95. The maximum Gasteiger partial charge on any atom is 0.410 e. The Morgan fingerprint density at radius 2 is 2.00 bits per heavy atom. The first-order valence-corrected chi connectivity index (χ1v) is 14.0. The normalized spacial score (nSPS) is 19.2. The SMILES string of the molecule is CNC1(C)CCN(c2cnc(-c3cc(OCC4CN(C(=O)OC(C)(C)C)CCO4)cn4ncc(C#N)c34)cn2)CC1. The predicted molar refractivity (Wildman–Crippen MR) is 153 cm³/mol. The first-order valence-electron chi connectivity index (χ1n) is 14.0. The van der Waals surface area contributed by atoms with Crippen LogP contribution in [0.1, 0.15) is 46.1 Å². The van der Waals surface area contributed by atoms with Crippen LogP contribution in [0.2, 0.25) is 0 Å². The molecular weight excluding hydrogens is 524 g/mol. The molecule has 1 N–H and O–H groups in total. The quantitative estimate of drug-likeness (QED) is 0.478. The Hall–Kier alpha value is -3.95. The molecule has 0 radical (unpaired) electrons. The van der Waals surface area contributed by atoms with Crippen molar-refractivity contribution in [3.05, 3.63) is 36.4 Å². The van der Waals surface area contributed by atoms with Gasteiger partial charge >= 0.3 is 6.09 Å². The lowest BCUT2D eigenvalue weighted by molar-refractivity contribution is -0.0557. The summed E-state index contributed by atoms with van der Waals surface area (Å²) in [6.45, 7) is 11.0. The van der Waals surface area contributed by atoms with Gasteiger partial charge in [-0.1, -0.05) is 0 Å². The van der Waals surface area contributed by atoms with Gasteiger partial charge in [0, 0.05) is 30.7 Å². The second-order valence-electron chi connectivity index (χ2n) is 11.8. The molecule has 2 fully saturated rings. The minimum Gasteiger partial charge on any atom is -0.489 e. The van der Waals surface area contributed by atoms with Crippen LogP contribution in [0.25, 0.3) is 16.8 Å². The first kappa shape index (κ1) is 28.6. The molecule has 41 heavy (non-hydrogen) atoms. The number of pyridine rings is 1. The topological polar surface area (TPSA) is 130 Å². The highest BCUT2D eigenvalue weighted by atomic mass is 16.6. The number of nitrogens with one attached hydrogen (secondary N) is 1. The number of ether oxygens (including phenoxy) is 3. The molecule has 0 aliphatic carbocycles. The van der Waals surface area contributed by atoms with Gasteiger partial charge in [0.2, 0.25) is 0 Å². The monoisotopic (exact) mass is 562 g/mol. The van der Waals surface area contributed by atoms with Gasteiger partial charge in [-0.3, -0.25) is 4.98 Å². The number of carbonyl (C=O) groups excluding carboxylic acids is 1. The molecule has 3 aromatic heterocycles. The molecule has 2 aliphatic heterocycles. The zero-order chi connectivity index (χ0) is 29.2. The molecule has 1 atom stereocenters. The number of morpholine rings is 1. The van der Waals surface area contributed by atoms with Crippen molar-refractivity contribution in [3.63, 3.8) is 0 Å². The van der Waals surface area contributed by atoms with E-state index in [2.05, 4.69) is 28.3 Å². The van der Waals surface area contributed by atoms with E-state index in [1.54, 1.807) is 28.0 Å². The fourth-order valence-electron chi connectivity index (χ4n) is 5.06. The number of hydrogen-bond acceptors (Lipinski definition) is 10. The molecule has 1 amide bonds. The Morgan fingerprint density at radius 1 is 1.22 bits per heavy atom. The molecule has 0 saturated carbocycles. The lowest BCUT2D eigenvalue weighted by atomic mass is 9.90. The van der Waals surface area contributed by atoms with Crippen LogP contribution in [0, 0.1) is 11.3 Å². The number of rotatable bonds is 6. The summed E-state index contributed by atoms with van der Waals surface area (Å²) < 4.78 is 19.1. The number of nitriles is 1. The minimum atomic E-state index is -0.567. The summed E-state index contributed by atoms with van der Waals surface area (Å²) in [7, 11) is 2.01. The van der Waals surface area contributed by atoms with E-state index in [1.165, 1.54) is 6.20 Å². The maximum atomic E-state index is 12.5. The van der Waals surface area contributed by atoms with Gasteiger partial charge in [-0.05, 0) is 53.7 Å². The second-order valence-corrected chi connectivity index (χ2v) is 11.8. The number of fused-ring (bicyclic) bond motifs is 1. The molecule has 12 heteroatoms. The van der Waals surface area contributed by atoms with Crippen LogP contribution in [-0.4, -0.2) is 94.3 Å².